The number of aromatic nitrogens is 4. The van der Waals surface area contributed by atoms with Gasteiger partial charge in [0, 0.05) is 85.5 Å². The van der Waals surface area contributed by atoms with Crippen molar-refractivity contribution in [3.8, 4) is 46.6 Å². The van der Waals surface area contributed by atoms with E-state index in [-0.39, 0.29) is 80.2 Å². The molecule has 0 aliphatic heterocycles. The Balaban J connectivity index is 0.000000149. The topological polar surface area (TPSA) is 183 Å². The number of rotatable bonds is 22. The molecule has 20 rings (SSSR count). The van der Waals surface area contributed by atoms with Crippen LogP contribution in [0.3, 0.4) is 0 Å². The molecule has 0 saturated carbocycles. The molecule has 0 radical (unpaired) electrons. The Morgan fingerprint density at radius 3 is 0.799 bits per heavy atom. The van der Waals surface area contributed by atoms with Crippen molar-refractivity contribution in [3.63, 3.8) is 0 Å². The molecule has 30 heteroatoms. The summed E-state index contributed by atoms with van der Waals surface area (Å²) in [6.45, 7) is 1.15. The van der Waals surface area contributed by atoms with Crippen LogP contribution in [0.2, 0.25) is 0 Å². The monoisotopic (exact) mass is 2260 g/mol. The maximum absolute atomic E-state index is 14.6. The number of sulfone groups is 2. The van der Waals surface area contributed by atoms with Crippen molar-refractivity contribution >= 4 is 153 Å². The first-order chi connectivity index (χ1) is 71.6. The molecule has 0 aliphatic carbocycles. The van der Waals surface area contributed by atoms with E-state index >= 15 is 0 Å². The van der Waals surface area contributed by atoms with Gasteiger partial charge in [0.2, 0.25) is 0 Å². The summed E-state index contributed by atoms with van der Waals surface area (Å²) in [6.07, 6.45) is -6.59. The third-order valence-electron chi connectivity index (χ3n) is 21.9. The number of alkyl halides is 6. The van der Waals surface area contributed by atoms with Crippen LogP contribution in [0.4, 0.5) is 35.1 Å². The first-order valence-corrected chi connectivity index (χ1v) is 55.0. The van der Waals surface area contributed by atoms with E-state index in [1.54, 1.807) is 11.8 Å². The molecule has 0 amide bonds. The number of methoxy groups -OCH3 is 2. The zero-order valence-corrected chi connectivity index (χ0v) is 88.0. The summed E-state index contributed by atoms with van der Waals surface area (Å²) in [6, 6.07) is 150. The molecule has 752 valence electrons. The first-order valence-electron chi connectivity index (χ1n) is 45.5. The minimum Gasteiger partial charge on any atom is -0.495 e. The third kappa shape index (κ3) is 31.2. The molecule has 0 N–H and O–H groups in total. The number of halogens is 9. The van der Waals surface area contributed by atoms with Gasteiger partial charge in [-0.1, -0.05) is 386 Å². The number of ether oxygens (including phenoxy) is 2. The van der Waals surface area contributed by atoms with Gasteiger partial charge in [0.1, 0.15) is 47.2 Å². The van der Waals surface area contributed by atoms with Crippen molar-refractivity contribution in [1.82, 2.24) is 19.4 Å². The maximum atomic E-state index is 14.6. The van der Waals surface area contributed by atoms with Crippen molar-refractivity contribution in [1.29, 1.82) is 0 Å². The van der Waals surface area contributed by atoms with E-state index in [0.29, 0.717) is 16.3 Å². The van der Waals surface area contributed by atoms with Crippen LogP contribution in [0.1, 0.15) is 23.9 Å². The number of benzene rings is 16. The second-order valence-corrected chi connectivity index (χ2v) is 45.6. The van der Waals surface area contributed by atoms with E-state index in [2.05, 4.69) is 399 Å². The fourth-order valence-electron chi connectivity index (χ4n) is 15.3. The summed E-state index contributed by atoms with van der Waals surface area (Å²) in [7, 11) is -6.67. The van der Waals surface area contributed by atoms with Gasteiger partial charge in [0.05, 0.1) is 67.8 Å². The molecule has 20 aromatic rings. The van der Waals surface area contributed by atoms with Crippen molar-refractivity contribution in [3.05, 3.63) is 527 Å². The molecule has 0 unspecified atom stereocenters. The minimum absolute atomic E-state index is 0. The van der Waals surface area contributed by atoms with Gasteiger partial charge in [-0.15, -0.1) is 0 Å². The fourth-order valence-corrected chi connectivity index (χ4v) is 27.5. The van der Waals surface area contributed by atoms with E-state index in [9.17, 15) is 61.5 Å². The second-order valence-electron chi connectivity index (χ2n) is 31.9. The van der Waals surface area contributed by atoms with Gasteiger partial charge in [-0.3, -0.25) is 18.7 Å². The van der Waals surface area contributed by atoms with Gasteiger partial charge in [0.25, 0.3) is 11.1 Å². The molecule has 0 spiro atoms. The summed E-state index contributed by atoms with van der Waals surface area (Å²) in [5, 5.41) is 24.8. The summed E-state index contributed by atoms with van der Waals surface area (Å²) in [4.78, 5) is 25.4. The average molecular weight is 2260 g/mol. The van der Waals surface area contributed by atoms with Crippen LogP contribution >= 0.6 is 47.6 Å². The summed E-state index contributed by atoms with van der Waals surface area (Å²) < 4.78 is 172. The number of pyridine rings is 2. The normalized spacial score (nSPS) is 11.0. The van der Waals surface area contributed by atoms with Crippen molar-refractivity contribution in [2.45, 2.75) is 40.6 Å². The Labute approximate surface area is 884 Å². The van der Waals surface area contributed by atoms with Gasteiger partial charge < -0.3 is 18.5 Å². The van der Waals surface area contributed by atoms with Crippen LogP contribution in [0.25, 0.3) is 33.2 Å². The SMILES string of the molecule is CC#CC(F)(F)F.COc1cc(Br)c(F)cc1-n1c(=O)ccc2cc(S(=O)(=O)Cc3ccon3)ccc21.COc1cc(C#CC(F)(F)F)c(F)cc1-n1c(=O)ccc2cc(S(=O)(=O)Cc3ccon3)ccc21.[Pd].c1ccc(P(c2ccccc2)c2ccccc2)cc1.c1ccc(P(c2ccccc2)c2ccccc2)cc1.c1ccc(P(c2ccccc2)c2ccccc2)cc1.c1ccc(P(c2ccccc2)c2ccccc2)cc1. The molecular weight excluding hydrogens is 2170 g/mol. The van der Waals surface area contributed by atoms with Crippen molar-refractivity contribution in [2.24, 2.45) is 0 Å². The number of hydrogen-bond donors (Lipinski definition) is 0. The predicted molar refractivity (Wildman–Crippen MR) is 588 cm³/mol. The third-order valence-corrected chi connectivity index (χ3v) is 35.5. The molecule has 16 aromatic carbocycles. The van der Waals surface area contributed by atoms with Gasteiger partial charge >= 0.3 is 12.4 Å². The molecule has 0 saturated heterocycles. The molecule has 4 aromatic heterocycles. The number of hydrogen-bond acceptors (Lipinski definition) is 12. The average Bonchev–Trinajstić information content (AvgIpc) is 1.23. The van der Waals surface area contributed by atoms with Crippen molar-refractivity contribution in [2.75, 3.05) is 14.2 Å². The van der Waals surface area contributed by atoms with Gasteiger partial charge in [-0.25, -0.2) is 25.6 Å². The summed E-state index contributed by atoms with van der Waals surface area (Å²) >= 11 is 3.10. The Morgan fingerprint density at radius 1 is 0.329 bits per heavy atom. The zero-order valence-electron chi connectivity index (χ0n) is 79.6. The van der Waals surface area contributed by atoms with E-state index in [0.717, 1.165) is 41.5 Å². The van der Waals surface area contributed by atoms with Gasteiger partial charge in [-0.2, -0.15) is 26.3 Å². The minimum atomic E-state index is -4.82. The molecule has 4 heterocycles. The predicted octanol–water partition coefficient (Wildman–Crippen LogP) is 23.2. The first kappa shape index (κ1) is 111. The van der Waals surface area contributed by atoms with Crippen LogP contribution in [0.5, 0.6) is 11.5 Å². The molecule has 0 bridgehead atoms. The van der Waals surface area contributed by atoms with Gasteiger partial charge in [-0.05, 0) is 173 Å². The standard InChI is InChI=1S/C23H14F4N2O5S.C20H14BrFN2O5S.4C18H15P.C4H3F3.Pd/c1-33-21-11-14(6-8-23(25,26)27)18(24)12-20(21)29-19-4-3-17(10-15(19)2-5-22(29)30)35(31,32)13-16-7-9-34-28-16;1-28-19-9-15(21)16(22)10-18(19)24-17-4-3-14(8-12(17)2-5-20(24)25)30(26,27)11-13-6-7-29-23-13;4*1-4-10-16(11-5-1)19(17-12-6-2-7-13-17)18-14-8-3-9-15-18;1-2-3-4(5,6)7;/h2-5,7,9-12H,13H2,1H3;2-10H,11H2,1H3;4*1-15H;1H3;. The van der Waals surface area contributed by atoms with E-state index in [4.69, 9.17) is 9.47 Å². The van der Waals surface area contributed by atoms with Crippen LogP contribution in [-0.2, 0) is 51.6 Å². The van der Waals surface area contributed by atoms with Crippen LogP contribution in [0, 0.1) is 35.3 Å². The smallest absolute Gasteiger partial charge is 0.458 e. The second kappa shape index (κ2) is 54.3. The number of nitrogens with zero attached hydrogens (tertiary/aromatic N) is 4. The molecule has 0 fully saturated rings. The Kier molecular flexibility index (Phi) is 40.6. The Hall–Kier alpha value is -14.7. The van der Waals surface area contributed by atoms with E-state index in [1.165, 1.54) is 174 Å². The van der Waals surface area contributed by atoms with E-state index in [1.807, 2.05) is 0 Å². The van der Waals surface area contributed by atoms with Crippen molar-refractivity contribution < 1.29 is 90.9 Å². The summed E-state index contributed by atoms with van der Waals surface area (Å²) in [5.74, 6) is 3.22. The summed E-state index contributed by atoms with van der Waals surface area (Å²) in [5.41, 5.74) is -0.379. The molecule has 14 nitrogen and oxygen atoms in total. The van der Waals surface area contributed by atoms with Gasteiger partial charge in [0.15, 0.2) is 19.7 Å². The molecule has 0 aliphatic rings. The van der Waals surface area contributed by atoms with E-state index < -0.39 is 97.8 Å². The molecule has 0 atom stereocenters. The molecular formula is C119H91BrF8N4O10P4PdS2. The van der Waals surface area contributed by atoms with Crippen LogP contribution in [-0.4, -0.2) is 62.9 Å². The largest absolute Gasteiger partial charge is 0.495 e. The quantitative estimate of drug-likeness (QED) is 0.0271. The maximum Gasteiger partial charge on any atom is 0.458 e. The fraction of sp³-hybridized carbons (Fsp3) is 0.0588. The molecule has 149 heavy (non-hydrogen) atoms. The van der Waals surface area contributed by atoms with Crippen LogP contribution in [0.15, 0.2) is 506 Å². The Morgan fingerprint density at radius 2 is 0.577 bits per heavy atom. The zero-order chi connectivity index (χ0) is 104. The van der Waals surface area contributed by atoms with Crippen LogP contribution < -0.4 is 84.2 Å². The Bertz CT molecular complexity index is 7380. The number of fused-ring (bicyclic) bond motifs is 2.